The van der Waals surface area contributed by atoms with Gasteiger partial charge in [0.2, 0.25) is 0 Å². The number of benzene rings is 1. The van der Waals surface area contributed by atoms with Gasteiger partial charge in [0.15, 0.2) is 11.6 Å². The lowest BCUT2D eigenvalue weighted by atomic mass is 10.1. The van der Waals surface area contributed by atoms with Gasteiger partial charge in [-0.3, -0.25) is 14.6 Å². The van der Waals surface area contributed by atoms with E-state index in [0.717, 1.165) is 22.8 Å². The molecule has 0 bridgehead atoms. The number of aromatic amines is 1. The first-order chi connectivity index (χ1) is 18.0. The fraction of sp³-hybridized carbons (Fsp3) is 0.154. The highest BCUT2D eigenvalue weighted by molar-refractivity contribution is 6.45. The van der Waals surface area contributed by atoms with Gasteiger partial charge in [0.25, 0.3) is 11.7 Å². The molecule has 3 aromatic heterocycles. The van der Waals surface area contributed by atoms with E-state index in [1.807, 2.05) is 29.2 Å². The summed E-state index contributed by atoms with van der Waals surface area (Å²) in [5.41, 5.74) is 6.54. The smallest absolute Gasteiger partial charge is 0.295 e. The van der Waals surface area contributed by atoms with Gasteiger partial charge in [-0.2, -0.15) is 5.10 Å². The van der Waals surface area contributed by atoms with Crippen LogP contribution in [-0.4, -0.2) is 69.1 Å². The Bertz CT molecular complexity index is 1580. The van der Waals surface area contributed by atoms with Crippen LogP contribution in [0.3, 0.4) is 0 Å². The number of allylic oxidation sites excluding steroid dienone is 1. The number of hydrogen-bond donors (Lipinski definition) is 2. The number of amides is 1. The summed E-state index contributed by atoms with van der Waals surface area (Å²) in [6.45, 7) is 5.10. The number of aromatic nitrogens is 4. The lowest BCUT2D eigenvalue weighted by Crippen LogP contribution is -2.51. The van der Waals surface area contributed by atoms with Crippen molar-refractivity contribution in [3.63, 3.8) is 0 Å². The molecule has 0 radical (unpaired) electrons. The molecule has 11 heteroatoms. The predicted octanol–water partition coefficient (Wildman–Crippen LogP) is 2.69. The normalized spacial score (nSPS) is 14.6. The summed E-state index contributed by atoms with van der Waals surface area (Å²) in [7, 11) is 0. The van der Waals surface area contributed by atoms with Gasteiger partial charge in [0.05, 0.1) is 40.8 Å². The summed E-state index contributed by atoms with van der Waals surface area (Å²) >= 11 is 0. The van der Waals surface area contributed by atoms with Crippen LogP contribution in [0.1, 0.15) is 16.1 Å². The third-order valence-corrected chi connectivity index (χ3v) is 6.20. The van der Waals surface area contributed by atoms with Crippen molar-refractivity contribution in [2.24, 2.45) is 10.7 Å². The number of nitrogens with one attached hydrogen (secondary N) is 1. The van der Waals surface area contributed by atoms with E-state index in [4.69, 9.17) is 5.73 Å². The van der Waals surface area contributed by atoms with Crippen molar-refractivity contribution < 1.29 is 14.0 Å². The van der Waals surface area contributed by atoms with Gasteiger partial charge in [-0.05, 0) is 0 Å². The van der Waals surface area contributed by atoms with Gasteiger partial charge in [0, 0.05) is 49.4 Å². The molecule has 186 valence electrons. The molecule has 4 heterocycles. The largest absolute Gasteiger partial charge is 0.396 e. The SMILES string of the molecule is C=C/C=N\C=C(/N)c1ncc(F)c2c(C(=O)C(=O)N3CCN(c4nncc5ccccc45)CC3)c[nH]c12. The second-order valence-corrected chi connectivity index (χ2v) is 8.39. The number of carbonyl (C=O) groups excluding carboxylic acids is 2. The number of hydrogen-bond acceptors (Lipinski definition) is 8. The minimum absolute atomic E-state index is 0.0444. The monoisotopic (exact) mass is 498 g/mol. The topological polar surface area (TPSA) is 133 Å². The molecule has 0 atom stereocenters. The molecule has 4 aromatic rings. The van der Waals surface area contributed by atoms with E-state index < -0.39 is 17.5 Å². The molecule has 1 aliphatic rings. The number of nitrogens with zero attached hydrogens (tertiary/aromatic N) is 6. The number of piperazine rings is 1. The number of anilines is 1. The molecular weight excluding hydrogens is 475 g/mol. The van der Waals surface area contributed by atoms with E-state index in [0.29, 0.717) is 26.2 Å². The predicted molar refractivity (Wildman–Crippen MR) is 140 cm³/mol. The lowest BCUT2D eigenvalue weighted by Gasteiger charge is -2.35. The van der Waals surface area contributed by atoms with Crippen LogP contribution >= 0.6 is 0 Å². The van der Waals surface area contributed by atoms with Gasteiger partial charge in [0.1, 0.15) is 5.69 Å². The van der Waals surface area contributed by atoms with Crippen LogP contribution in [0.25, 0.3) is 27.4 Å². The highest BCUT2D eigenvalue weighted by atomic mass is 19.1. The fourth-order valence-electron chi connectivity index (χ4n) is 4.38. The van der Waals surface area contributed by atoms with Crippen LogP contribution in [0.2, 0.25) is 0 Å². The maximum absolute atomic E-state index is 14.8. The average molecular weight is 499 g/mol. The summed E-state index contributed by atoms with van der Waals surface area (Å²) < 4.78 is 14.8. The van der Waals surface area contributed by atoms with Crippen molar-refractivity contribution in [1.29, 1.82) is 0 Å². The first kappa shape index (κ1) is 23.8. The summed E-state index contributed by atoms with van der Waals surface area (Å²) in [4.78, 5) is 40.6. The molecule has 1 aliphatic heterocycles. The summed E-state index contributed by atoms with van der Waals surface area (Å²) in [5, 5.41) is 10.3. The summed E-state index contributed by atoms with van der Waals surface area (Å²) in [6, 6.07) is 7.81. The first-order valence-corrected chi connectivity index (χ1v) is 11.5. The zero-order valence-electron chi connectivity index (χ0n) is 19.8. The van der Waals surface area contributed by atoms with Crippen LogP contribution in [-0.2, 0) is 4.79 Å². The third-order valence-electron chi connectivity index (χ3n) is 6.20. The van der Waals surface area contributed by atoms with E-state index in [-0.39, 0.29) is 27.9 Å². The van der Waals surface area contributed by atoms with E-state index in [1.54, 1.807) is 6.20 Å². The average Bonchev–Trinajstić information content (AvgIpc) is 3.38. The molecule has 3 N–H and O–H groups in total. The van der Waals surface area contributed by atoms with Gasteiger partial charge >= 0.3 is 0 Å². The van der Waals surface area contributed by atoms with E-state index in [9.17, 15) is 14.0 Å². The molecule has 1 amide bonds. The number of aliphatic imine (C=N–C) groups is 1. The van der Waals surface area contributed by atoms with Gasteiger partial charge in [-0.15, -0.1) is 5.10 Å². The lowest BCUT2D eigenvalue weighted by molar-refractivity contribution is -0.126. The number of pyridine rings is 1. The highest BCUT2D eigenvalue weighted by Gasteiger charge is 2.30. The molecule has 0 unspecified atom stereocenters. The molecule has 10 nitrogen and oxygen atoms in total. The van der Waals surface area contributed by atoms with Crippen molar-refractivity contribution in [3.8, 4) is 0 Å². The van der Waals surface area contributed by atoms with E-state index in [2.05, 4.69) is 31.7 Å². The molecular formula is C26H23FN8O2. The van der Waals surface area contributed by atoms with Crippen LogP contribution in [0.15, 0.2) is 66.7 Å². The molecule has 0 aliphatic carbocycles. The Labute approximate surface area is 211 Å². The Hall–Kier alpha value is -4.93. The van der Waals surface area contributed by atoms with Gasteiger partial charge < -0.3 is 20.5 Å². The zero-order valence-corrected chi connectivity index (χ0v) is 19.8. The van der Waals surface area contributed by atoms with Crippen molar-refractivity contribution >= 4 is 51.1 Å². The minimum atomic E-state index is -0.812. The number of H-pyrrole nitrogens is 1. The van der Waals surface area contributed by atoms with Crippen molar-refractivity contribution in [2.75, 3.05) is 31.1 Å². The van der Waals surface area contributed by atoms with Crippen LogP contribution in [0.4, 0.5) is 10.2 Å². The molecule has 0 saturated carbocycles. The Morgan fingerprint density at radius 2 is 1.95 bits per heavy atom. The number of ketones is 1. The van der Waals surface area contributed by atoms with Crippen molar-refractivity contribution in [3.05, 3.63) is 78.8 Å². The Kier molecular flexibility index (Phi) is 6.42. The third kappa shape index (κ3) is 4.42. The molecule has 1 saturated heterocycles. The van der Waals surface area contributed by atoms with Crippen LogP contribution in [0.5, 0.6) is 0 Å². The minimum Gasteiger partial charge on any atom is -0.396 e. The Morgan fingerprint density at radius 1 is 1.16 bits per heavy atom. The standard InChI is InChI=1S/C26H23FN8O2/c1-2-7-29-15-20(28)22-23-21(19(27)14-31-22)18(13-30-23)24(36)26(37)35-10-8-34(9-11-35)25-17-6-4-3-5-16(17)12-32-33-25/h2-7,12-15,30H,1,8-11,28H2/b20-15-,29-7-. The number of rotatable bonds is 6. The fourth-order valence-corrected chi connectivity index (χ4v) is 4.38. The van der Waals surface area contributed by atoms with Crippen LogP contribution < -0.4 is 10.6 Å². The first-order valence-electron chi connectivity index (χ1n) is 11.5. The molecule has 1 fully saturated rings. The number of Topliss-reactive ketones (excluding diaryl/α,β-unsaturated/α-hetero) is 1. The number of fused-ring (bicyclic) bond motifs is 2. The molecule has 5 rings (SSSR count). The van der Waals surface area contributed by atoms with Crippen molar-refractivity contribution in [1.82, 2.24) is 25.1 Å². The number of nitrogens with two attached hydrogens (primary N) is 1. The second kappa shape index (κ2) is 9.97. The summed E-state index contributed by atoms with van der Waals surface area (Å²) in [5.74, 6) is -1.52. The quantitative estimate of drug-likeness (QED) is 0.237. The van der Waals surface area contributed by atoms with E-state index >= 15 is 0 Å². The Balaban J connectivity index is 1.36. The maximum atomic E-state index is 14.8. The maximum Gasteiger partial charge on any atom is 0.295 e. The second-order valence-electron chi connectivity index (χ2n) is 8.39. The molecule has 0 spiro atoms. The summed E-state index contributed by atoms with van der Waals surface area (Å²) in [6.07, 6.45) is 8.23. The Morgan fingerprint density at radius 3 is 2.73 bits per heavy atom. The highest BCUT2D eigenvalue weighted by Crippen LogP contribution is 2.28. The molecule has 1 aromatic carbocycles. The van der Waals surface area contributed by atoms with E-state index in [1.165, 1.54) is 29.6 Å². The zero-order chi connectivity index (χ0) is 25.9. The number of carbonyl (C=O) groups is 2. The number of halogens is 1. The van der Waals surface area contributed by atoms with Gasteiger partial charge in [-0.1, -0.05) is 36.9 Å². The van der Waals surface area contributed by atoms with Gasteiger partial charge in [-0.25, -0.2) is 9.37 Å². The van der Waals surface area contributed by atoms with Crippen LogP contribution in [0, 0.1) is 5.82 Å². The van der Waals surface area contributed by atoms with Crippen molar-refractivity contribution in [2.45, 2.75) is 0 Å². The molecule has 37 heavy (non-hydrogen) atoms.